The molecule has 4 rings (SSSR count). The second-order valence-corrected chi connectivity index (χ2v) is 6.91. The molecular weight excluding hydrogens is 399 g/mol. The van der Waals surface area contributed by atoms with Crippen molar-refractivity contribution in [2.45, 2.75) is 19.3 Å². The maximum atomic E-state index is 13.3. The zero-order valence-electron chi connectivity index (χ0n) is 16.0. The van der Waals surface area contributed by atoms with Crippen LogP contribution in [0.4, 0.5) is 19.0 Å². The molecule has 10 heteroatoms. The molecule has 0 unspecified atom stereocenters. The minimum atomic E-state index is -4.65. The number of nitrogens with one attached hydrogen (secondary N) is 1. The van der Waals surface area contributed by atoms with Gasteiger partial charge in [0.1, 0.15) is 12.4 Å². The van der Waals surface area contributed by atoms with Crippen molar-refractivity contribution >= 4 is 22.8 Å². The fourth-order valence-corrected chi connectivity index (χ4v) is 3.35. The van der Waals surface area contributed by atoms with Gasteiger partial charge in [0.25, 0.3) is 0 Å². The molecule has 2 aromatic heterocycles. The topological polar surface area (TPSA) is 72.3 Å². The lowest BCUT2D eigenvalue weighted by Crippen LogP contribution is -2.36. The van der Waals surface area contributed by atoms with Crippen molar-refractivity contribution in [1.29, 1.82) is 0 Å². The van der Waals surface area contributed by atoms with Gasteiger partial charge in [-0.25, -0.2) is 9.97 Å². The molecule has 1 saturated heterocycles. The van der Waals surface area contributed by atoms with Gasteiger partial charge in [-0.1, -0.05) is 18.2 Å². The summed E-state index contributed by atoms with van der Waals surface area (Å²) < 4.78 is 46.2. The molecule has 158 valence electrons. The molecule has 7 nitrogen and oxygen atoms in total. The van der Waals surface area contributed by atoms with Gasteiger partial charge in [0.15, 0.2) is 0 Å². The number of aromatic nitrogens is 3. The van der Waals surface area contributed by atoms with Gasteiger partial charge >= 0.3 is 6.18 Å². The van der Waals surface area contributed by atoms with Crippen molar-refractivity contribution < 1.29 is 22.7 Å². The van der Waals surface area contributed by atoms with E-state index in [2.05, 4.69) is 20.2 Å². The molecule has 1 aliphatic heterocycles. The zero-order chi connectivity index (χ0) is 21.1. The number of fused-ring (bicyclic) bond motifs is 1. The van der Waals surface area contributed by atoms with Crippen LogP contribution < -0.4 is 10.2 Å². The molecule has 0 atom stereocenters. The largest absolute Gasteiger partial charge is 0.449 e. The first-order valence-corrected chi connectivity index (χ1v) is 9.48. The van der Waals surface area contributed by atoms with Crippen molar-refractivity contribution in [2.24, 2.45) is 0 Å². The molecular formula is C20H20F3N5O2. The number of alkyl halides is 3. The van der Waals surface area contributed by atoms with Crippen molar-refractivity contribution in [3.05, 3.63) is 54.0 Å². The van der Waals surface area contributed by atoms with E-state index >= 15 is 0 Å². The highest BCUT2D eigenvalue weighted by Crippen LogP contribution is 2.31. The molecule has 30 heavy (non-hydrogen) atoms. The second-order valence-electron chi connectivity index (χ2n) is 6.91. The number of pyridine rings is 1. The van der Waals surface area contributed by atoms with Crippen LogP contribution in [-0.2, 0) is 28.8 Å². The van der Waals surface area contributed by atoms with Crippen molar-refractivity contribution in [2.75, 3.05) is 31.2 Å². The number of halogens is 3. The summed E-state index contributed by atoms with van der Waals surface area (Å²) in [5.74, 6) is -0.802. The van der Waals surface area contributed by atoms with E-state index in [0.29, 0.717) is 13.2 Å². The van der Waals surface area contributed by atoms with E-state index in [9.17, 15) is 18.0 Å². The normalized spacial score (nSPS) is 14.8. The van der Waals surface area contributed by atoms with Crippen LogP contribution in [0, 0.1) is 0 Å². The number of ether oxygens (including phenoxy) is 1. The van der Waals surface area contributed by atoms with Gasteiger partial charge in [-0.3, -0.25) is 4.79 Å². The lowest BCUT2D eigenvalue weighted by atomic mass is 10.2. The summed E-state index contributed by atoms with van der Waals surface area (Å²) >= 11 is 0. The number of hydrogen-bond acceptors (Lipinski definition) is 5. The van der Waals surface area contributed by atoms with Gasteiger partial charge in [0, 0.05) is 25.8 Å². The first-order valence-electron chi connectivity index (χ1n) is 9.48. The van der Waals surface area contributed by atoms with Gasteiger partial charge in [0.2, 0.25) is 11.7 Å². The number of nitrogens with zero attached hydrogens (tertiary/aromatic N) is 4. The van der Waals surface area contributed by atoms with E-state index in [0.717, 1.165) is 29.0 Å². The number of imidazole rings is 1. The molecule has 0 radical (unpaired) electrons. The fourth-order valence-electron chi connectivity index (χ4n) is 3.35. The molecule has 0 spiro atoms. The fraction of sp³-hybridized carbons (Fsp3) is 0.350. The number of rotatable bonds is 5. The number of carbonyl (C=O) groups is 1. The molecule has 1 fully saturated rings. The van der Waals surface area contributed by atoms with Crippen molar-refractivity contribution in [1.82, 2.24) is 19.9 Å². The Bertz CT molecular complexity index is 1030. The number of hydrogen-bond donors (Lipinski definition) is 1. The van der Waals surface area contributed by atoms with Gasteiger partial charge in [-0.05, 0) is 23.8 Å². The molecule has 1 aliphatic rings. The average Bonchev–Trinajstić information content (AvgIpc) is 3.12. The maximum absolute atomic E-state index is 13.3. The summed E-state index contributed by atoms with van der Waals surface area (Å²) in [5, 5.41) is 2.65. The van der Waals surface area contributed by atoms with Crippen molar-refractivity contribution in [3.8, 4) is 0 Å². The van der Waals surface area contributed by atoms with E-state index < -0.39 is 24.5 Å². The first kappa shape index (κ1) is 20.1. The Hall–Kier alpha value is -3.14. The van der Waals surface area contributed by atoms with Gasteiger partial charge in [-0.15, -0.1) is 0 Å². The Morgan fingerprint density at radius 1 is 1.13 bits per heavy atom. The Morgan fingerprint density at radius 2 is 1.90 bits per heavy atom. The Morgan fingerprint density at radius 3 is 2.60 bits per heavy atom. The number of amides is 1. The number of benzene rings is 1. The third-order valence-electron chi connectivity index (χ3n) is 4.84. The molecule has 1 amide bonds. The monoisotopic (exact) mass is 419 g/mol. The van der Waals surface area contributed by atoms with Crippen LogP contribution in [0.15, 0.2) is 42.6 Å². The SMILES string of the molecule is O=C(Cn1c(C(F)(F)F)nc2ccccc21)NCc1ccc(N2CCOCC2)nc1. The first-order chi connectivity index (χ1) is 14.4. The highest BCUT2D eigenvalue weighted by Gasteiger charge is 2.37. The number of carbonyl (C=O) groups excluding carboxylic acids is 1. The van der Waals surface area contributed by atoms with E-state index in [1.165, 1.54) is 12.1 Å². The lowest BCUT2D eigenvalue weighted by Gasteiger charge is -2.27. The molecule has 0 aliphatic carbocycles. The quantitative estimate of drug-likeness (QED) is 0.688. The predicted molar refractivity (Wildman–Crippen MR) is 104 cm³/mol. The summed E-state index contributed by atoms with van der Waals surface area (Å²) in [7, 11) is 0. The minimum Gasteiger partial charge on any atom is -0.378 e. The second kappa shape index (κ2) is 8.31. The highest BCUT2D eigenvalue weighted by molar-refractivity contribution is 5.81. The van der Waals surface area contributed by atoms with Crippen molar-refractivity contribution in [3.63, 3.8) is 0 Å². The minimum absolute atomic E-state index is 0.170. The zero-order valence-corrected chi connectivity index (χ0v) is 16.0. The van der Waals surface area contributed by atoms with Gasteiger partial charge < -0.3 is 19.5 Å². The average molecular weight is 419 g/mol. The third kappa shape index (κ3) is 4.38. The number of anilines is 1. The molecule has 3 aromatic rings. The Labute approximate surface area is 170 Å². The van der Waals surface area contributed by atoms with E-state index in [1.54, 1.807) is 18.3 Å². The highest BCUT2D eigenvalue weighted by atomic mass is 19.4. The maximum Gasteiger partial charge on any atom is 0.449 e. The standard InChI is InChI=1S/C20H20F3N5O2/c21-20(22,23)19-26-15-3-1-2-4-16(15)28(19)13-18(29)25-12-14-5-6-17(24-11-14)27-7-9-30-10-8-27/h1-6,11H,7-10,12-13H2,(H,25,29). The molecule has 1 aromatic carbocycles. The van der Waals surface area contributed by atoms with Crippen LogP contribution in [-0.4, -0.2) is 46.7 Å². The molecule has 1 N–H and O–H groups in total. The Kier molecular flexibility index (Phi) is 5.58. The number of para-hydroxylation sites is 2. The summed E-state index contributed by atoms with van der Waals surface area (Å²) in [6.45, 7) is 2.54. The van der Waals surface area contributed by atoms with E-state index in [1.807, 2.05) is 12.1 Å². The van der Waals surface area contributed by atoms with E-state index in [4.69, 9.17) is 4.74 Å². The predicted octanol–water partition coefficient (Wildman–Crippen LogP) is 2.60. The van der Waals surface area contributed by atoms with E-state index in [-0.39, 0.29) is 17.6 Å². The third-order valence-corrected chi connectivity index (χ3v) is 4.84. The molecule has 0 saturated carbocycles. The van der Waals surface area contributed by atoms with Gasteiger partial charge in [0.05, 0.1) is 24.2 Å². The summed E-state index contributed by atoms with van der Waals surface area (Å²) in [5.41, 5.74) is 1.21. The summed E-state index contributed by atoms with van der Waals surface area (Å²) in [4.78, 5) is 22.5. The smallest absolute Gasteiger partial charge is 0.378 e. The number of morpholine rings is 1. The van der Waals surface area contributed by atoms with Crippen LogP contribution in [0.5, 0.6) is 0 Å². The summed E-state index contributed by atoms with van der Waals surface area (Å²) in [6, 6.07) is 9.91. The van der Waals surface area contributed by atoms with Crippen LogP contribution in [0.3, 0.4) is 0 Å². The van der Waals surface area contributed by atoms with Crippen LogP contribution in [0.25, 0.3) is 11.0 Å². The Balaban J connectivity index is 1.42. The molecule has 0 bridgehead atoms. The van der Waals surface area contributed by atoms with Crippen LogP contribution in [0.2, 0.25) is 0 Å². The lowest BCUT2D eigenvalue weighted by molar-refractivity contribution is -0.147. The van der Waals surface area contributed by atoms with Gasteiger partial charge in [-0.2, -0.15) is 13.2 Å². The molecule has 3 heterocycles. The van der Waals surface area contributed by atoms with Crippen LogP contribution >= 0.6 is 0 Å². The van der Waals surface area contributed by atoms with Crippen LogP contribution in [0.1, 0.15) is 11.4 Å². The summed E-state index contributed by atoms with van der Waals surface area (Å²) in [6.07, 6.45) is -3.00.